The van der Waals surface area contributed by atoms with Crippen LogP contribution in [0.5, 0.6) is 0 Å². The fourth-order valence-corrected chi connectivity index (χ4v) is 1.55. The molecule has 0 radical (unpaired) electrons. The molecule has 2 heterocycles. The second-order valence-corrected chi connectivity index (χ2v) is 3.57. The molecule has 0 N–H and O–H groups in total. The average molecular weight is 215 g/mol. The van der Waals surface area contributed by atoms with Crippen LogP contribution < -0.4 is 5.56 Å². The van der Waals surface area contributed by atoms with Crippen molar-refractivity contribution in [3.05, 3.63) is 46.5 Å². The number of hydrogen-bond donors (Lipinski definition) is 0. The molecule has 0 unspecified atom stereocenters. The van der Waals surface area contributed by atoms with Crippen LogP contribution in [0.3, 0.4) is 0 Å². The Kier molecular flexibility index (Phi) is 2.81. The zero-order valence-corrected chi connectivity index (χ0v) is 9.34. The molecule has 2 rings (SSSR count). The molecule has 0 saturated carbocycles. The van der Waals surface area contributed by atoms with Gasteiger partial charge in [0.15, 0.2) is 0 Å². The summed E-state index contributed by atoms with van der Waals surface area (Å²) in [6.07, 6.45) is 3.43. The lowest BCUT2D eigenvalue weighted by Gasteiger charge is -2.06. The third kappa shape index (κ3) is 1.86. The Morgan fingerprint density at radius 3 is 2.62 bits per heavy atom. The molecule has 0 amide bonds. The largest absolute Gasteiger partial charge is 0.269 e. The molecule has 0 fully saturated rings. The first-order valence-corrected chi connectivity index (χ1v) is 5.21. The van der Waals surface area contributed by atoms with Crippen molar-refractivity contribution >= 4 is 0 Å². The maximum Gasteiger partial charge on any atom is 0.269 e. The van der Waals surface area contributed by atoms with Gasteiger partial charge in [0.1, 0.15) is 0 Å². The lowest BCUT2D eigenvalue weighted by Crippen LogP contribution is -2.24. The van der Waals surface area contributed by atoms with Gasteiger partial charge in [-0.3, -0.25) is 9.78 Å². The number of nitrogens with zero attached hydrogens (tertiary/aromatic N) is 3. The van der Waals surface area contributed by atoms with E-state index in [1.54, 1.807) is 19.3 Å². The van der Waals surface area contributed by atoms with Crippen molar-refractivity contribution in [3.63, 3.8) is 0 Å². The molecular weight excluding hydrogens is 202 g/mol. The maximum absolute atomic E-state index is 11.7. The van der Waals surface area contributed by atoms with Crippen LogP contribution in [0.25, 0.3) is 11.3 Å². The molecule has 0 aromatic carbocycles. The second kappa shape index (κ2) is 4.26. The van der Waals surface area contributed by atoms with Gasteiger partial charge in [-0.15, -0.1) is 0 Å². The fourth-order valence-electron chi connectivity index (χ4n) is 1.55. The van der Waals surface area contributed by atoms with E-state index < -0.39 is 0 Å². The van der Waals surface area contributed by atoms with Crippen molar-refractivity contribution in [1.29, 1.82) is 0 Å². The lowest BCUT2D eigenvalue weighted by molar-refractivity contribution is 0.614. The van der Waals surface area contributed by atoms with Gasteiger partial charge in [-0.2, -0.15) is 5.10 Å². The Morgan fingerprint density at radius 2 is 2.00 bits per heavy atom. The van der Waals surface area contributed by atoms with E-state index in [0.717, 1.165) is 11.3 Å². The van der Waals surface area contributed by atoms with Gasteiger partial charge in [0.25, 0.3) is 5.56 Å². The fraction of sp³-hybridized carbons (Fsp3) is 0.250. The normalized spacial score (nSPS) is 10.4. The van der Waals surface area contributed by atoms with Crippen molar-refractivity contribution in [1.82, 2.24) is 14.8 Å². The van der Waals surface area contributed by atoms with Crippen LogP contribution in [0.4, 0.5) is 0 Å². The Bertz CT molecular complexity index is 546. The first-order chi connectivity index (χ1) is 7.72. The minimum atomic E-state index is -0.0275. The summed E-state index contributed by atoms with van der Waals surface area (Å²) in [4.78, 5) is 15.6. The Hall–Kier alpha value is -1.97. The molecule has 0 saturated heterocycles. The van der Waals surface area contributed by atoms with Crippen molar-refractivity contribution < 1.29 is 0 Å². The minimum Gasteiger partial charge on any atom is -0.268 e. The number of rotatable bonds is 2. The van der Waals surface area contributed by atoms with Gasteiger partial charge >= 0.3 is 0 Å². The second-order valence-electron chi connectivity index (χ2n) is 3.57. The standard InChI is InChI=1S/C12H13N3O/c1-3-15-12(16)9(2)8-11(14-15)10-4-6-13-7-5-10/h4-8H,3H2,1-2H3. The predicted octanol–water partition coefficient (Wildman–Crippen LogP) is 1.63. The van der Waals surface area contributed by atoms with Crippen molar-refractivity contribution in [2.75, 3.05) is 0 Å². The van der Waals surface area contributed by atoms with E-state index in [9.17, 15) is 4.79 Å². The molecule has 16 heavy (non-hydrogen) atoms. The summed E-state index contributed by atoms with van der Waals surface area (Å²) in [5.74, 6) is 0. The van der Waals surface area contributed by atoms with Crippen molar-refractivity contribution in [3.8, 4) is 11.3 Å². The van der Waals surface area contributed by atoms with Gasteiger partial charge < -0.3 is 0 Å². The topological polar surface area (TPSA) is 47.8 Å². The summed E-state index contributed by atoms with van der Waals surface area (Å²) < 4.78 is 1.48. The Labute approximate surface area is 93.6 Å². The predicted molar refractivity (Wildman–Crippen MR) is 62.1 cm³/mol. The number of aryl methyl sites for hydroxylation is 2. The van der Waals surface area contributed by atoms with Crippen LogP contribution in [-0.2, 0) is 6.54 Å². The van der Waals surface area contributed by atoms with E-state index >= 15 is 0 Å². The molecular formula is C12H13N3O. The quantitative estimate of drug-likeness (QED) is 0.765. The summed E-state index contributed by atoms with van der Waals surface area (Å²) in [6.45, 7) is 4.30. The van der Waals surface area contributed by atoms with Crippen LogP contribution in [0, 0.1) is 6.92 Å². The highest BCUT2D eigenvalue weighted by Crippen LogP contribution is 2.14. The van der Waals surface area contributed by atoms with Gasteiger partial charge in [-0.05, 0) is 32.0 Å². The highest BCUT2D eigenvalue weighted by molar-refractivity contribution is 5.57. The maximum atomic E-state index is 11.7. The van der Waals surface area contributed by atoms with Crippen molar-refractivity contribution in [2.45, 2.75) is 20.4 Å². The van der Waals surface area contributed by atoms with Crippen LogP contribution in [0.1, 0.15) is 12.5 Å². The molecule has 4 heteroatoms. The van der Waals surface area contributed by atoms with Crippen LogP contribution in [0.15, 0.2) is 35.4 Å². The Morgan fingerprint density at radius 1 is 1.31 bits per heavy atom. The van der Waals surface area contributed by atoms with Crippen LogP contribution >= 0.6 is 0 Å². The highest BCUT2D eigenvalue weighted by atomic mass is 16.1. The molecule has 0 aliphatic heterocycles. The highest BCUT2D eigenvalue weighted by Gasteiger charge is 2.05. The monoisotopic (exact) mass is 215 g/mol. The first-order valence-electron chi connectivity index (χ1n) is 5.21. The van der Waals surface area contributed by atoms with E-state index in [1.165, 1.54) is 4.68 Å². The number of aromatic nitrogens is 3. The zero-order valence-electron chi connectivity index (χ0n) is 9.34. The first kappa shape index (κ1) is 10.5. The van der Waals surface area contributed by atoms with E-state index in [1.807, 2.05) is 25.1 Å². The molecule has 2 aromatic rings. The van der Waals surface area contributed by atoms with Gasteiger partial charge in [0.05, 0.1) is 5.69 Å². The molecule has 82 valence electrons. The van der Waals surface area contributed by atoms with Gasteiger partial charge in [0.2, 0.25) is 0 Å². The van der Waals surface area contributed by atoms with E-state index in [0.29, 0.717) is 12.1 Å². The number of hydrogen-bond acceptors (Lipinski definition) is 3. The molecule has 0 aliphatic carbocycles. The smallest absolute Gasteiger partial charge is 0.268 e. The van der Waals surface area contributed by atoms with Crippen LogP contribution in [0.2, 0.25) is 0 Å². The third-order valence-corrected chi connectivity index (χ3v) is 2.43. The summed E-state index contributed by atoms with van der Waals surface area (Å²) in [6, 6.07) is 5.57. The molecule has 2 aromatic heterocycles. The SMILES string of the molecule is CCn1nc(-c2ccncc2)cc(C)c1=O. The molecule has 0 spiro atoms. The Balaban J connectivity index is 2.60. The minimum absolute atomic E-state index is 0.0275. The van der Waals surface area contributed by atoms with Gasteiger partial charge in [0, 0.05) is 30.1 Å². The molecule has 4 nitrogen and oxygen atoms in total. The van der Waals surface area contributed by atoms with Crippen molar-refractivity contribution in [2.24, 2.45) is 0 Å². The van der Waals surface area contributed by atoms with Crippen LogP contribution in [-0.4, -0.2) is 14.8 Å². The van der Waals surface area contributed by atoms with E-state index in [4.69, 9.17) is 0 Å². The number of pyridine rings is 1. The van der Waals surface area contributed by atoms with Gasteiger partial charge in [-0.1, -0.05) is 0 Å². The lowest BCUT2D eigenvalue weighted by atomic mass is 10.1. The summed E-state index contributed by atoms with van der Waals surface area (Å²) >= 11 is 0. The van der Waals surface area contributed by atoms with Gasteiger partial charge in [-0.25, -0.2) is 4.68 Å². The zero-order chi connectivity index (χ0) is 11.5. The molecule has 0 atom stereocenters. The summed E-state index contributed by atoms with van der Waals surface area (Å²) in [5, 5.41) is 4.30. The molecule has 0 bridgehead atoms. The van der Waals surface area contributed by atoms with E-state index in [-0.39, 0.29) is 5.56 Å². The molecule has 0 aliphatic rings. The summed E-state index contributed by atoms with van der Waals surface area (Å²) in [5.41, 5.74) is 2.46. The summed E-state index contributed by atoms with van der Waals surface area (Å²) in [7, 11) is 0. The van der Waals surface area contributed by atoms with E-state index in [2.05, 4.69) is 10.1 Å². The average Bonchev–Trinajstić information content (AvgIpc) is 2.33. The third-order valence-electron chi connectivity index (χ3n) is 2.43.